The topological polar surface area (TPSA) is 205 Å². The van der Waals surface area contributed by atoms with E-state index in [1.807, 2.05) is 43.3 Å². The molecule has 0 bridgehead atoms. The van der Waals surface area contributed by atoms with E-state index >= 15 is 0 Å². The lowest BCUT2D eigenvalue weighted by atomic mass is 9.55. The Kier molecular flexibility index (Phi) is 16.4. The van der Waals surface area contributed by atoms with Crippen molar-refractivity contribution < 1.29 is 53.6 Å². The highest BCUT2D eigenvalue weighted by atomic mass is 16.7. The summed E-state index contributed by atoms with van der Waals surface area (Å²) in [4.78, 5) is 37.1. The molecular formula is C46H58N4O12. The SMILES string of the molecule is C=CCOC12Oc3ccc(OCc4cccc(C)n4)cc3C3C(CCCCO)C(CCCCO)C=C(C(=NOC)CC1N(CCOCCO)C(=O)Oc1ccc([N+](=O)[O-])cc1)C32. The van der Waals surface area contributed by atoms with Crippen LogP contribution in [-0.4, -0.2) is 107 Å². The van der Waals surface area contributed by atoms with Crippen molar-refractivity contribution in [2.45, 2.75) is 76.2 Å². The van der Waals surface area contributed by atoms with Crippen LogP contribution >= 0.6 is 0 Å². The predicted octanol–water partition coefficient (Wildman–Crippen LogP) is 6.65. The molecule has 1 fully saturated rings. The molecule has 3 N–H and O–H groups in total. The number of nitro benzene ring substituents is 1. The Morgan fingerprint density at radius 2 is 1.79 bits per heavy atom. The number of pyridine rings is 1. The lowest BCUT2D eigenvalue weighted by Gasteiger charge is -2.59. The van der Waals surface area contributed by atoms with Crippen LogP contribution in [0.15, 0.2) is 90.1 Å². The number of carbonyl (C=O) groups excluding carboxylic acids is 1. The third kappa shape index (κ3) is 10.6. The first-order chi connectivity index (χ1) is 30.2. The van der Waals surface area contributed by atoms with Gasteiger partial charge in [-0.15, -0.1) is 6.58 Å². The van der Waals surface area contributed by atoms with Gasteiger partial charge in [0.05, 0.1) is 48.7 Å². The number of hydrogen-bond acceptors (Lipinski definition) is 14. The molecule has 334 valence electrons. The fourth-order valence-corrected chi connectivity index (χ4v) is 9.18. The molecule has 6 unspecified atom stereocenters. The molecule has 0 saturated heterocycles. The second kappa shape index (κ2) is 22.1. The van der Waals surface area contributed by atoms with Crippen molar-refractivity contribution in [1.29, 1.82) is 0 Å². The van der Waals surface area contributed by atoms with Crippen molar-refractivity contribution in [3.63, 3.8) is 0 Å². The Bertz CT molecular complexity index is 2040. The first kappa shape index (κ1) is 46.1. The second-order valence-corrected chi connectivity index (χ2v) is 15.7. The van der Waals surface area contributed by atoms with Crippen LogP contribution in [-0.2, 0) is 20.9 Å². The van der Waals surface area contributed by atoms with Gasteiger partial charge in [-0.2, -0.15) is 0 Å². The van der Waals surface area contributed by atoms with E-state index in [9.17, 15) is 30.2 Å². The van der Waals surface area contributed by atoms with Crippen LogP contribution < -0.4 is 14.2 Å². The Morgan fingerprint density at radius 3 is 2.48 bits per heavy atom. The summed E-state index contributed by atoms with van der Waals surface area (Å²) in [6.45, 7) is 6.11. The summed E-state index contributed by atoms with van der Waals surface area (Å²) in [5.74, 6) is -1.22. The maximum atomic E-state index is 14.6. The zero-order chi connectivity index (χ0) is 44.1. The molecule has 1 amide bonds. The molecule has 16 nitrogen and oxygen atoms in total. The number of amides is 1. The molecule has 3 aliphatic rings. The summed E-state index contributed by atoms with van der Waals surface area (Å²) in [6.07, 6.45) is 7.47. The number of nitro groups is 1. The van der Waals surface area contributed by atoms with Crippen LogP contribution in [0, 0.1) is 34.8 Å². The van der Waals surface area contributed by atoms with Crippen molar-refractivity contribution in [3.05, 3.63) is 112 Å². The number of allylic oxidation sites excluding steroid dienone is 1. The highest BCUT2D eigenvalue weighted by Crippen LogP contribution is 2.62. The average molecular weight is 859 g/mol. The number of non-ortho nitro benzene ring substituents is 1. The number of benzene rings is 2. The minimum Gasteiger partial charge on any atom is -0.487 e. The third-order valence-corrected chi connectivity index (χ3v) is 11.8. The first-order valence-electron chi connectivity index (χ1n) is 21.3. The van der Waals surface area contributed by atoms with Crippen LogP contribution in [0.1, 0.15) is 67.8 Å². The fourth-order valence-electron chi connectivity index (χ4n) is 9.18. The quantitative estimate of drug-likeness (QED) is 0.0396. The number of carbonyl (C=O) groups is 1. The first-order valence-corrected chi connectivity index (χ1v) is 21.3. The summed E-state index contributed by atoms with van der Waals surface area (Å²) in [7, 11) is 1.47. The Morgan fingerprint density at radius 1 is 1.03 bits per heavy atom. The number of oxime groups is 1. The minimum atomic E-state index is -1.57. The fraction of sp³-hybridized carbons (Fsp3) is 0.500. The van der Waals surface area contributed by atoms with E-state index < -0.39 is 28.8 Å². The number of aliphatic hydroxyl groups excluding tert-OH is 3. The molecule has 2 aliphatic carbocycles. The van der Waals surface area contributed by atoms with Crippen molar-refractivity contribution in [1.82, 2.24) is 9.88 Å². The van der Waals surface area contributed by atoms with Gasteiger partial charge in [-0.1, -0.05) is 36.2 Å². The number of rotatable bonds is 23. The van der Waals surface area contributed by atoms with Gasteiger partial charge in [-0.05, 0) is 92.5 Å². The van der Waals surface area contributed by atoms with Gasteiger partial charge >= 0.3 is 6.09 Å². The van der Waals surface area contributed by atoms with E-state index in [2.05, 4.69) is 22.8 Å². The lowest BCUT2D eigenvalue weighted by molar-refractivity contribution is -0.384. The highest BCUT2D eigenvalue weighted by Gasteiger charge is 2.65. The van der Waals surface area contributed by atoms with Crippen molar-refractivity contribution in [2.24, 2.45) is 22.9 Å². The summed E-state index contributed by atoms with van der Waals surface area (Å²) in [6, 6.07) is 15.8. The number of aromatic nitrogens is 1. The zero-order valence-electron chi connectivity index (χ0n) is 35.4. The van der Waals surface area contributed by atoms with Crippen LogP contribution in [0.3, 0.4) is 0 Å². The van der Waals surface area contributed by atoms with E-state index in [-0.39, 0.29) is 88.4 Å². The number of aryl methyl sites for hydroxylation is 1. The maximum absolute atomic E-state index is 14.6. The molecule has 2 aromatic carbocycles. The summed E-state index contributed by atoms with van der Waals surface area (Å²) < 4.78 is 32.2. The Balaban J connectivity index is 1.53. The molecular weight excluding hydrogens is 801 g/mol. The highest BCUT2D eigenvalue weighted by molar-refractivity contribution is 6.03. The van der Waals surface area contributed by atoms with Gasteiger partial charge in [0.25, 0.3) is 5.69 Å². The van der Waals surface area contributed by atoms with Gasteiger partial charge in [0, 0.05) is 55.5 Å². The maximum Gasteiger partial charge on any atom is 0.415 e. The van der Waals surface area contributed by atoms with Gasteiger partial charge in [-0.3, -0.25) is 20.0 Å². The van der Waals surface area contributed by atoms with E-state index in [0.717, 1.165) is 48.2 Å². The number of unbranched alkanes of at least 4 members (excludes halogenated alkanes) is 2. The Hall–Kier alpha value is -5.39. The smallest absolute Gasteiger partial charge is 0.415 e. The second-order valence-electron chi connectivity index (χ2n) is 15.7. The molecule has 6 rings (SSSR count). The number of aliphatic hydroxyl groups is 3. The third-order valence-electron chi connectivity index (χ3n) is 11.8. The molecule has 6 atom stereocenters. The van der Waals surface area contributed by atoms with Crippen LogP contribution in [0.5, 0.6) is 17.2 Å². The number of fused-ring (bicyclic) bond motifs is 2. The molecule has 1 saturated carbocycles. The van der Waals surface area contributed by atoms with E-state index in [4.69, 9.17) is 28.5 Å². The van der Waals surface area contributed by atoms with Crippen LogP contribution in [0.4, 0.5) is 10.5 Å². The monoisotopic (exact) mass is 858 g/mol. The van der Waals surface area contributed by atoms with Crippen molar-refractivity contribution in [3.8, 4) is 17.2 Å². The number of ether oxygens (including phenoxy) is 5. The van der Waals surface area contributed by atoms with Crippen LogP contribution in [0.25, 0.3) is 0 Å². The van der Waals surface area contributed by atoms with E-state index in [1.165, 1.54) is 36.3 Å². The van der Waals surface area contributed by atoms with Gasteiger partial charge in [0.1, 0.15) is 37.0 Å². The van der Waals surface area contributed by atoms with Crippen molar-refractivity contribution >= 4 is 17.5 Å². The van der Waals surface area contributed by atoms with Gasteiger partial charge in [0.2, 0.25) is 5.79 Å². The lowest BCUT2D eigenvalue weighted by Crippen LogP contribution is -2.70. The normalized spacial score (nSPS) is 23.0. The molecule has 1 aliphatic heterocycles. The molecule has 62 heavy (non-hydrogen) atoms. The zero-order valence-corrected chi connectivity index (χ0v) is 35.4. The molecule has 0 radical (unpaired) electrons. The summed E-state index contributed by atoms with van der Waals surface area (Å²) in [5.41, 5.74) is 3.82. The minimum absolute atomic E-state index is 0.0152. The molecule has 3 aromatic rings. The number of nitrogens with zero attached hydrogens (tertiary/aromatic N) is 4. The largest absolute Gasteiger partial charge is 0.487 e. The molecule has 2 heterocycles. The molecule has 0 spiro atoms. The predicted molar refractivity (Wildman–Crippen MR) is 229 cm³/mol. The number of hydrogen-bond donors (Lipinski definition) is 3. The average Bonchev–Trinajstić information content (AvgIpc) is 3.27. The van der Waals surface area contributed by atoms with Gasteiger partial charge in [-0.25, -0.2) is 4.79 Å². The van der Waals surface area contributed by atoms with Gasteiger partial charge < -0.3 is 43.8 Å². The Labute approximate surface area is 361 Å². The van der Waals surface area contributed by atoms with Crippen LogP contribution in [0.2, 0.25) is 0 Å². The van der Waals surface area contributed by atoms with Crippen molar-refractivity contribution in [2.75, 3.05) is 53.3 Å². The van der Waals surface area contributed by atoms with E-state index in [1.54, 1.807) is 6.08 Å². The molecule has 16 heteroatoms. The van der Waals surface area contributed by atoms with E-state index in [0.29, 0.717) is 30.1 Å². The summed E-state index contributed by atoms with van der Waals surface area (Å²) >= 11 is 0. The standard InChI is InChI=1S/C46H58N4O12/c1-4-24-60-46-42(49(20-25-58-26-23-53)45(54)61-35-16-14-34(15-17-35)50(55)56)29-40(48-57-3)38-27-32(11-5-7-21-51)37(13-6-8-22-52)43(44(38)46)39-28-36(18-19-41(39)62-46)59-30-33-12-9-10-31(2)47-33/h4,9-10,12,14-19,27-28,32,37,42-44,51-53H,1,5-8,11,13,20-26,29-30H2,2-3H3. The summed E-state index contributed by atoms with van der Waals surface area (Å²) in [5, 5.41) is 45.3. The van der Waals surface area contributed by atoms with Gasteiger partial charge in [0.15, 0.2) is 0 Å². The molecule has 1 aromatic heterocycles.